The van der Waals surface area contributed by atoms with E-state index in [0.29, 0.717) is 37.0 Å². The van der Waals surface area contributed by atoms with Gasteiger partial charge in [-0.05, 0) is 13.2 Å². The molecule has 4 rings (SSSR count). The third kappa shape index (κ3) is 4.72. The van der Waals surface area contributed by atoms with Crippen LogP contribution in [0.2, 0.25) is 0 Å². The van der Waals surface area contributed by atoms with E-state index < -0.39 is 11.9 Å². The Morgan fingerprint density at radius 2 is 1.86 bits per heavy atom. The SMILES string of the molecule is CCOC(=O)c1nc2c(=S)[nH]cnc2s1.CSc1ncnc2sc(C(=O)O)nc12. The molecule has 0 spiro atoms. The zero-order valence-corrected chi connectivity index (χ0v) is 18.2. The number of aromatic nitrogens is 6. The van der Waals surface area contributed by atoms with Crippen molar-refractivity contribution >= 4 is 79.3 Å². The normalized spacial score (nSPS) is 10.6. The maximum atomic E-state index is 11.4. The number of H-pyrrole nitrogens is 1. The van der Waals surface area contributed by atoms with Crippen LogP contribution in [0.5, 0.6) is 0 Å². The molecule has 14 heteroatoms. The molecular formula is C15H12N6O4S4. The minimum atomic E-state index is -1.03. The Morgan fingerprint density at radius 1 is 1.17 bits per heavy atom. The van der Waals surface area contributed by atoms with Crippen LogP contribution in [0.15, 0.2) is 17.7 Å². The van der Waals surface area contributed by atoms with E-state index in [0.717, 1.165) is 11.3 Å². The number of ether oxygens (including phenoxy) is 1. The average molecular weight is 469 g/mol. The van der Waals surface area contributed by atoms with Crippen LogP contribution in [0, 0.1) is 4.64 Å². The van der Waals surface area contributed by atoms with E-state index in [1.165, 1.54) is 35.8 Å². The second kappa shape index (κ2) is 9.30. The lowest BCUT2D eigenvalue weighted by molar-refractivity contribution is 0.0525. The molecule has 0 bridgehead atoms. The molecule has 0 unspecified atom stereocenters. The molecule has 0 saturated heterocycles. The Bertz CT molecular complexity index is 1250. The highest BCUT2D eigenvalue weighted by molar-refractivity contribution is 7.98. The summed E-state index contributed by atoms with van der Waals surface area (Å²) in [7, 11) is 0. The lowest BCUT2D eigenvalue weighted by atomic mass is 10.6. The van der Waals surface area contributed by atoms with Gasteiger partial charge in [0.25, 0.3) is 0 Å². The van der Waals surface area contributed by atoms with Crippen molar-refractivity contribution in [2.75, 3.05) is 12.9 Å². The molecular weight excluding hydrogens is 456 g/mol. The minimum absolute atomic E-state index is 0.0517. The predicted octanol–water partition coefficient (Wildman–Crippen LogP) is 3.43. The number of rotatable bonds is 4. The molecule has 0 aromatic carbocycles. The number of esters is 1. The van der Waals surface area contributed by atoms with Crippen LogP contribution >= 0.6 is 46.7 Å². The second-order valence-corrected chi connectivity index (χ2v) is 8.14. The van der Waals surface area contributed by atoms with E-state index in [4.69, 9.17) is 22.1 Å². The smallest absolute Gasteiger partial charge is 0.367 e. The van der Waals surface area contributed by atoms with Crippen LogP contribution < -0.4 is 0 Å². The van der Waals surface area contributed by atoms with E-state index in [9.17, 15) is 9.59 Å². The van der Waals surface area contributed by atoms with Gasteiger partial charge in [-0.3, -0.25) is 0 Å². The Morgan fingerprint density at radius 3 is 2.52 bits per heavy atom. The van der Waals surface area contributed by atoms with Gasteiger partial charge in [0, 0.05) is 0 Å². The molecule has 0 saturated carbocycles. The molecule has 4 aromatic rings. The summed E-state index contributed by atoms with van der Waals surface area (Å²) in [6.45, 7) is 2.07. The molecule has 0 amide bonds. The third-order valence-electron chi connectivity index (χ3n) is 3.19. The molecule has 150 valence electrons. The van der Waals surface area contributed by atoms with Crippen molar-refractivity contribution in [2.24, 2.45) is 0 Å². The monoisotopic (exact) mass is 468 g/mol. The highest BCUT2D eigenvalue weighted by atomic mass is 32.2. The molecule has 0 aliphatic carbocycles. The first-order valence-corrected chi connectivity index (χ1v) is 11.1. The zero-order chi connectivity index (χ0) is 21.0. The number of thioether (sulfide) groups is 1. The fraction of sp³-hybridized carbons (Fsp3) is 0.200. The highest BCUT2D eigenvalue weighted by Gasteiger charge is 2.15. The van der Waals surface area contributed by atoms with Gasteiger partial charge in [0.2, 0.25) is 10.0 Å². The zero-order valence-electron chi connectivity index (χ0n) is 14.9. The summed E-state index contributed by atoms with van der Waals surface area (Å²) in [5.74, 6) is -1.46. The van der Waals surface area contributed by atoms with E-state index >= 15 is 0 Å². The fourth-order valence-electron chi connectivity index (χ4n) is 2.02. The molecule has 0 fully saturated rings. The number of carbonyl (C=O) groups excluding carboxylic acids is 1. The molecule has 0 aliphatic heterocycles. The number of nitrogens with one attached hydrogen (secondary N) is 1. The van der Waals surface area contributed by atoms with Crippen LogP contribution in [0.3, 0.4) is 0 Å². The van der Waals surface area contributed by atoms with Crippen molar-refractivity contribution in [1.29, 1.82) is 0 Å². The van der Waals surface area contributed by atoms with E-state index in [1.807, 2.05) is 6.26 Å². The van der Waals surface area contributed by atoms with Crippen LogP contribution in [0.4, 0.5) is 0 Å². The first-order valence-electron chi connectivity index (χ1n) is 7.84. The van der Waals surface area contributed by atoms with Crippen molar-refractivity contribution < 1.29 is 19.4 Å². The Kier molecular flexibility index (Phi) is 6.79. The van der Waals surface area contributed by atoms with Crippen molar-refractivity contribution in [2.45, 2.75) is 11.9 Å². The average Bonchev–Trinajstić information content (AvgIpc) is 3.33. The van der Waals surface area contributed by atoms with Gasteiger partial charge in [0.15, 0.2) is 0 Å². The highest BCUT2D eigenvalue weighted by Crippen LogP contribution is 2.26. The number of carboxylic acid groups (broad SMARTS) is 1. The number of fused-ring (bicyclic) bond motifs is 2. The first kappa shape index (κ1) is 21.2. The molecule has 0 aliphatic rings. The van der Waals surface area contributed by atoms with Crippen LogP contribution in [0.25, 0.3) is 20.7 Å². The fourth-order valence-corrected chi connectivity index (χ4v) is 4.39. The summed E-state index contributed by atoms with van der Waals surface area (Å²) in [5, 5.41) is 9.78. The lowest BCUT2D eigenvalue weighted by Gasteiger charge is -1.94. The summed E-state index contributed by atoms with van der Waals surface area (Å²) in [4.78, 5) is 46.1. The van der Waals surface area contributed by atoms with Gasteiger partial charge >= 0.3 is 11.9 Å². The van der Waals surface area contributed by atoms with Crippen LogP contribution in [-0.2, 0) is 4.74 Å². The topological polar surface area (TPSA) is 144 Å². The standard InChI is InChI=1S/C8H7N3O2S2.C7H5N3O2S2/c1-2-13-8(12)7-11-4-5(14)9-3-10-6(4)15-7;1-13-4-3-5(9-2-8-4)14-6(10-3)7(11)12/h3H,2H2,1H3,(H,9,10,14);2H,1H3,(H,11,12). The van der Waals surface area contributed by atoms with E-state index in [-0.39, 0.29) is 10.0 Å². The molecule has 4 aromatic heterocycles. The Balaban J connectivity index is 0.000000166. The van der Waals surface area contributed by atoms with Gasteiger partial charge in [-0.1, -0.05) is 34.9 Å². The molecule has 0 radical (unpaired) electrons. The number of hydrogen-bond donors (Lipinski definition) is 2. The number of carbonyl (C=O) groups is 2. The van der Waals surface area contributed by atoms with Gasteiger partial charge < -0.3 is 14.8 Å². The number of nitrogens with zero attached hydrogens (tertiary/aromatic N) is 5. The predicted molar refractivity (Wildman–Crippen MR) is 113 cm³/mol. The summed E-state index contributed by atoms with van der Waals surface area (Å²) in [5.41, 5.74) is 1.11. The first-order chi connectivity index (χ1) is 13.9. The van der Waals surface area contributed by atoms with Crippen molar-refractivity contribution in [3.05, 3.63) is 27.3 Å². The minimum Gasteiger partial charge on any atom is -0.476 e. The number of aromatic amines is 1. The summed E-state index contributed by atoms with van der Waals surface area (Å²) >= 11 is 8.67. The number of carboxylic acids is 1. The van der Waals surface area contributed by atoms with Crippen molar-refractivity contribution in [1.82, 2.24) is 29.9 Å². The van der Waals surface area contributed by atoms with Crippen molar-refractivity contribution in [3.63, 3.8) is 0 Å². The summed E-state index contributed by atoms with van der Waals surface area (Å²) in [6, 6.07) is 0. The van der Waals surface area contributed by atoms with Gasteiger partial charge in [-0.2, -0.15) is 0 Å². The summed E-state index contributed by atoms with van der Waals surface area (Å²) in [6.07, 6.45) is 4.76. The quantitative estimate of drug-likeness (QED) is 0.197. The maximum Gasteiger partial charge on any atom is 0.367 e. The van der Waals surface area contributed by atoms with Gasteiger partial charge in [0.1, 0.15) is 36.7 Å². The van der Waals surface area contributed by atoms with Crippen LogP contribution in [0.1, 0.15) is 26.5 Å². The second-order valence-electron chi connectivity index (χ2n) is 4.99. The number of thiazole rings is 2. The van der Waals surface area contributed by atoms with Crippen molar-refractivity contribution in [3.8, 4) is 0 Å². The van der Waals surface area contributed by atoms with Gasteiger partial charge in [-0.15, -0.1) is 11.8 Å². The molecule has 0 atom stereocenters. The van der Waals surface area contributed by atoms with Gasteiger partial charge in [-0.25, -0.2) is 34.5 Å². The number of hydrogen-bond acceptors (Lipinski definition) is 12. The lowest BCUT2D eigenvalue weighted by Crippen LogP contribution is -2.03. The third-order valence-corrected chi connectivity index (χ3v) is 6.08. The molecule has 10 nitrogen and oxygen atoms in total. The Hall–Kier alpha value is -2.55. The van der Waals surface area contributed by atoms with Crippen LogP contribution in [-0.4, -0.2) is 59.8 Å². The molecule has 4 heterocycles. The molecule has 2 N–H and O–H groups in total. The largest absolute Gasteiger partial charge is 0.476 e. The van der Waals surface area contributed by atoms with E-state index in [1.54, 1.807) is 6.92 Å². The van der Waals surface area contributed by atoms with E-state index in [2.05, 4.69) is 29.9 Å². The maximum absolute atomic E-state index is 11.4. The Labute approximate surface area is 180 Å². The summed E-state index contributed by atoms with van der Waals surface area (Å²) < 4.78 is 5.31. The number of aromatic carboxylic acids is 1. The molecule has 29 heavy (non-hydrogen) atoms. The van der Waals surface area contributed by atoms with Gasteiger partial charge in [0.05, 0.1) is 12.9 Å².